The zero-order valence-corrected chi connectivity index (χ0v) is 16.7. The van der Waals surface area contributed by atoms with Gasteiger partial charge >= 0.3 is 5.97 Å². The van der Waals surface area contributed by atoms with Crippen molar-refractivity contribution in [3.63, 3.8) is 0 Å². The van der Waals surface area contributed by atoms with E-state index in [1.807, 2.05) is 60.7 Å². The van der Waals surface area contributed by atoms with Crippen LogP contribution in [-0.4, -0.2) is 31.3 Å². The summed E-state index contributed by atoms with van der Waals surface area (Å²) in [6.45, 7) is 8.01. The van der Waals surface area contributed by atoms with E-state index in [2.05, 4.69) is 20.8 Å². The largest absolute Gasteiger partial charge is 0.481 e. The number of Topliss-reactive ketones (excluding diaryl/α,β-unsaturated/α-hetero) is 1. The number of benzene rings is 2. The van der Waals surface area contributed by atoms with Gasteiger partial charge in [-0.3, -0.25) is 9.59 Å². The topological polar surface area (TPSA) is 63.6 Å². The number of carboxylic acids is 1. The molecule has 0 aliphatic rings. The maximum absolute atomic E-state index is 12.3. The lowest BCUT2D eigenvalue weighted by Gasteiger charge is -2.44. The second kappa shape index (κ2) is 7.97. The lowest BCUT2D eigenvalue weighted by Crippen LogP contribution is -2.68. The molecule has 0 saturated heterocycles. The summed E-state index contributed by atoms with van der Waals surface area (Å²) in [5.41, 5.74) is 0. The zero-order chi connectivity index (χ0) is 19.4. The highest BCUT2D eigenvalue weighted by Gasteiger charge is 2.51. The van der Waals surface area contributed by atoms with Gasteiger partial charge in [0.25, 0.3) is 8.32 Å². The Kier molecular flexibility index (Phi) is 6.16. The second-order valence-corrected chi connectivity index (χ2v) is 11.7. The van der Waals surface area contributed by atoms with Gasteiger partial charge in [0.1, 0.15) is 12.5 Å². The highest BCUT2D eigenvalue weighted by Crippen LogP contribution is 2.37. The number of carbonyl (C=O) groups excluding carboxylic acids is 1. The first-order valence-corrected chi connectivity index (χ1v) is 10.6. The molecule has 0 aliphatic heterocycles. The molecule has 0 heterocycles. The average molecular weight is 371 g/mol. The Morgan fingerprint density at radius 2 is 1.38 bits per heavy atom. The predicted octanol–water partition coefficient (Wildman–Crippen LogP) is 3.00. The van der Waals surface area contributed by atoms with E-state index in [1.165, 1.54) is 0 Å². The number of hydrogen-bond acceptors (Lipinski definition) is 3. The van der Waals surface area contributed by atoms with E-state index in [4.69, 9.17) is 9.53 Å². The minimum atomic E-state index is -2.84. The molecule has 4 nitrogen and oxygen atoms in total. The third-order valence-corrected chi connectivity index (χ3v) is 9.66. The van der Waals surface area contributed by atoms with Crippen molar-refractivity contribution in [2.75, 3.05) is 0 Å². The Morgan fingerprint density at radius 1 is 0.962 bits per heavy atom. The molecule has 2 aromatic rings. The second-order valence-electron chi connectivity index (χ2n) is 7.46. The Hall–Kier alpha value is -2.24. The predicted molar refractivity (Wildman–Crippen MR) is 105 cm³/mol. The lowest BCUT2D eigenvalue weighted by atomic mass is 10.2. The molecule has 138 valence electrons. The molecular formula is C21H26O4Si. The molecule has 1 atom stereocenters. The summed E-state index contributed by atoms with van der Waals surface area (Å²) in [6.07, 6.45) is -1.32. The highest BCUT2D eigenvalue weighted by atomic mass is 28.4. The highest BCUT2D eigenvalue weighted by molar-refractivity contribution is 6.99. The molecule has 0 saturated carbocycles. The Labute approximate surface area is 156 Å². The standard InChI is InChI=1S/C21H26O4Si/c1-16(19(22)15-20(23)24)25-26(21(2,3)4,17-11-7-5-8-12-17)18-13-9-6-10-14-18/h5-14,16H,15H2,1-4H3,(H,23,24)/t16-/m1/s1. The molecule has 5 heteroatoms. The van der Waals surface area contributed by atoms with Crippen molar-refractivity contribution in [3.05, 3.63) is 60.7 Å². The first-order chi connectivity index (χ1) is 12.2. The van der Waals surface area contributed by atoms with Crippen LogP contribution in [0, 0.1) is 0 Å². The van der Waals surface area contributed by atoms with Crippen molar-refractivity contribution >= 4 is 30.4 Å². The maximum Gasteiger partial charge on any atom is 0.310 e. The van der Waals surface area contributed by atoms with Gasteiger partial charge in [0.2, 0.25) is 0 Å². The van der Waals surface area contributed by atoms with E-state index in [1.54, 1.807) is 6.92 Å². The van der Waals surface area contributed by atoms with Crippen LogP contribution in [0.25, 0.3) is 0 Å². The Morgan fingerprint density at radius 3 is 1.73 bits per heavy atom. The van der Waals surface area contributed by atoms with Gasteiger partial charge in [0.05, 0.1) is 0 Å². The molecule has 0 aromatic heterocycles. The van der Waals surface area contributed by atoms with Crippen LogP contribution in [-0.2, 0) is 14.0 Å². The van der Waals surface area contributed by atoms with Gasteiger partial charge in [-0.15, -0.1) is 0 Å². The Balaban J connectivity index is 2.61. The van der Waals surface area contributed by atoms with E-state index in [0.717, 1.165) is 10.4 Å². The van der Waals surface area contributed by atoms with Crippen LogP contribution in [0.5, 0.6) is 0 Å². The van der Waals surface area contributed by atoms with Crippen LogP contribution < -0.4 is 10.4 Å². The van der Waals surface area contributed by atoms with Gasteiger partial charge in [0.15, 0.2) is 5.78 Å². The number of ketones is 1. The molecule has 0 amide bonds. The quantitative estimate of drug-likeness (QED) is 0.601. The number of rotatable bonds is 7. The number of carbonyl (C=O) groups is 2. The monoisotopic (exact) mass is 370 g/mol. The van der Waals surface area contributed by atoms with Crippen molar-refractivity contribution in [2.45, 2.75) is 45.3 Å². The van der Waals surface area contributed by atoms with E-state index in [-0.39, 0.29) is 5.04 Å². The summed E-state index contributed by atoms with van der Waals surface area (Å²) >= 11 is 0. The van der Waals surface area contributed by atoms with Crippen molar-refractivity contribution in [1.82, 2.24) is 0 Å². The van der Waals surface area contributed by atoms with Crippen molar-refractivity contribution in [3.8, 4) is 0 Å². The minimum absolute atomic E-state index is 0.256. The van der Waals surface area contributed by atoms with Gasteiger partial charge in [0, 0.05) is 0 Å². The number of carboxylic acid groups (broad SMARTS) is 1. The Bertz CT molecular complexity index is 711. The molecule has 0 spiro atoms. The minimum Gasteiger partial charge on any atom is -0.481 e. The molecular weight excluding hydrogens is 344 g/mol. The van der Waals surface area contributed by atoms with Crippen LogP contribution >= 0.6 is 0 Å². The van der Waals surface area contributed by atoms with Crippen LogP contribution in [0.1, 0.15) is 34.1 Å². The van der Waals surface area contributed by atoms with Gasteiger partial charge < -0.3 is 9.53 Å². The first kappa shape index (κ1) is 20.1. The molecule has 0 unspecified atom stereocenters. The number of aliphatic carboxylic acids is 1. The molecule has 0 bridgehead atoms. The fourth-order valence-corrected chi connectivity index (χ4v) is 7.99. The molecule has 2 rings (SSSR count). The fraction of sp³-hybridized carbons (Fsp3) is 0.333. The van der Waals surface area contributed by atoms with Crippen molar-refractivity contribution in [2.24, 2.45) is 0 Å². The van der Waals surface area contributed by atoms with Gasteiger partial charge in [-0.05, 0) is 22.3 Å². The molecule has 2 aromatic carbocycles. The van der Waals surface area contributed by atoms with E-state index >= 15 is 0 Å². The lowest BCUT2D eigenvalue weighted by molar-refractivity contribution is -0.142. The normalized spacial score (nSPS) is 13.2. The molecule has 0 radical (unpaired) electrons. The summed E-state index contributed by atoms with van der Waals surface area (Å²) < 4.78 is 6.56. The van der Waals surface area contributed by atoms with E-state index in [0.29, 0.717) is 0 Å². The summed E-state index contributed by atoms with van der Waals surface area (Å²) in [5.74, 6) is -1.54. The molecule has 0 fully saturated rings. The average Bonchev–Trinajstić information content (AvgIpc) is 2.59. The first-order valence-electron chi connectivity index (χ1n) is 8.72. The zero-order valence-electron chi connectivity index (χ0n) is 15.7. The third-order valence-electron chi connectivity index (χ3n) is 4.55. The van der Waals surface area contributed by atoms with E-state index in [9.17, 15) is 9.59 Å². The summed E-state index contributed by atoms with van der Waals surface area (Å²) in [6, 6.07) is 20.0. The summed E-state index contributed by atoms with van der Waals surface area (Å²) in [7, 11) is -2.84. The van der Waals surface area contributed by atoms with Crippen molar-refractivity contribution < 1.29 is 19.1 Å². The van der Waals surface area contributed by atoms with E-state index < -0.39 is 32.6 Å². The molecule has 1 N–H and O–H groups in total. The molecule has 0 aliphatic carbocycles. The van der Waals surface area contributed by atoms with Crippen LogP contribution in [0.2, 0.25) is 5.04 Å². The van der Waals surface area contributed by atoms with Crippen molar-refractivity contribution in [1.29, 1.82) is 0 Å². The van der Waals surface area contributed by atoms with Crippen LogP contribution in [0.3, 0.4) is 0 Å². The van der Waals surface area contributed by atoms with Crippen LogP contribution in [0.15, 0.2) is 60.7 Å². The third kappa shape index (κ3) is 4.11. The van der Waals surface area contributed by atoms with Gasteiger partial charge in [-0.1, -0.05) is 81.4 Å². The fourth-order valence-electron chi connectivity index (χ4n) is 3.31. The summed E-state index contributed by atoms with van der Waals surface area (Å²) in [5, 5.41) is 10.8. The maximum atomic E-state index is 12.3. The molecule has 26 heavy (non-hydrogen) atoms. The smallest absolute Gasteiger partial charge is 0.310 e. The number of hydrogen-bond donors (Lipinski definition) is 1. The SMILES string of the molecule is C[C@@H](O[Si](c1ccccc1)(c1ccccc1)C(C)(C)C)C(=O)CC(=O)O. The van der Waals surface area contributed by atoms with Gasteiger partial charge in [-0.2, -0.15) is 0 Å². The van der Waals surface area contributed by atoms with Crippen LogP contribution in [0.4, 0.5) is 0 Å². The summed E-state index contributed by atoms with van der Waals surface area (Å²) in [4.78, 5) is 23.3. The van der Waals surface area contributed by atoms with Gasteiger partial charge in [-0.25, -0.2) is 0 Å².